The highest BCUT2D eigenvalue weighted by Crippen LogP contribution is 2.25. The first-order valence-corrected chi connectivity index (χ1v) is 14.0. The van der Waals surface area contributed by atoms with E-state index in [1.54, 1.807) is 0 Å². The van der Waals surface area contributed by atoms with E-state index in [9.17, 15) is 14.4 Å². The van der Waals surface area contributed by atoms with E-state index in [0.717, 1.165) is 64.7 Å². The van der Waals surface area contributed by atoms with Gasteiger partial charge in [-0.1, -0.05) is 18.2 Å². The molecule has 3 aromatic rings. The zero-order chi connectivity index (χ0) is 27.4. The summed E-state index contributed by atoms with van der Waals surface area (Å²) in [4.78, 5) is 44.5. The van der Waals surface area contributed by atoms with Gasteiger partial charge in [-0.2, -0.15) is 0 Å². The fraction of sp³-hybridized carbons (Fsp3) is 0.452. The first-order chi connectivity index (χ1) is 18.9. The van der Waals surface area contributed by atoms with Crippen molar-refractivity contribution in [3.8, 4) is 5.75 Å². The van der Waals surface area contributed by atoms with Crippen molar-refractivity contribution in [2.75, 3.05) is 19.7 Å². The summed E-state index contributed by atoms with van der Waals surface area (Å²) in [5.41, 5.74) is 5.13. The van der Waals surface area contributed by atoms with Gasteiger partial charge in [0, 0.05) is 56.0 Å². The van der Waals surface area contributed by atoms with Crippen LogP contribution in [0.1, 0.15) is 54.4 Å². The van der Waals surface area contributed by atoms with Crippen LogP contribution >= 0.6 is 0 Å². The molecule has 1 aromatic heterocycles. The van der Waals surface area contributed by atoms with Crippen molar-refractivity contribution >= 4 is 28.6 Å². The van der Waals surface area contributed by atoms with Gasteiger partial charge < -0.3 is 25.3 Å². The average Bonchev–Trinajstić information content (AvgIpc) is 3.34. The topological polar surface area (TPSA) is 104 Å². The highest BCUT2D eigenvalue weighted by molar-refractivity contribution is 5.91. The summed E-state index contributed by atoms with van der Waals surface area (Å²) in [6.45, 7) is 6.43. The second kappa shape index (κ2) is 11.9. The molecule has 1 unspecified atom stereocenters. The quantitative estimate of drug-likeness (QED) is 0.467. The number of piperidine rings is 1. The van der Waals surface area contributed by atoms with Gasteiger partial charge in [-0.15, -0.1) is 0 Å². The maximum Gasteiger partial charge on any atom is 0.243 e. The molecule has 2 aromatic carbocycles. The number of aromatic nitrogens is 1. The van der Waals surface area contributed by atoms with Crippen LogP contribution in [0.3, 0.4) is 0 Å². The number of nitrogens with zero attached hydrogens (tertiary/aromatic N) is 1. The maximum atomic E-state index is 13.5. The molecule has 2 aliphatic rings. The third-order valence-corrected chi connectivity index (χ3v) is 8.18. The van der Waals surface area contributed by atoms with Crippen molar-refractivity contribution in [2.24, 2.45) is 5.92 Å². The molecule has 0 radical (unpaired) electrons. The average molecular weight is 531 g/mol. The number of para-hydroxylation sites is 1. The molecule has 3 heterocycles. The number of carbonyl (C=O) groups is 3. The first-order valence-electron chi connectivity index (χ1n) is 14.0. The van der Waals surface area contributed by atoms with Crippen LogP contribution in [0.25, 0.3) is 10.9 Å². The second-order valence-corrected chi connectivity index (χ2v) is 10.9. The largest absolute Gasteiger partial charge is 0.494 e. The molecule has 8 heteroatoms. The van der Waals surface area contributed by atoms with E-state index in [0.29, 0.717) is 32.0 Å². The molecule has 0 saturated carbocycles. The van der Waals surface area contributed by atoms with Gasteiger partial charge in [0.2, 0.25) is 17.7 Å². The molecule has 2 atom stereocenters. The fourth-order valence-corrected chi connectivity index (χ4v) is 5.71. The number of amides is 3. The van der Waals surface area contributed by atoms with Gasteiger partial charge >= 0.3 is 0 Å². The van der Waals surface area contributed by atoms with Crippen molar-refractivity contribution in [2.45, 2.75) is 65.0 Å². The van der Waals surface area contributed by atoms with Crippen molar-refractivity contribution in [1.29, 1.82) is 0 Å². The minimum atomic E-state index is -0.772. The number of aromatic amines is 1. The number of benzene rings is 2. The van der Waals surface area contributed by atoms with Crippen LogP contribution in [0.5, 0.6) is 5.75 Å². The van der Waals surface area contributed by atoms with Gasteiger partial charge in [0.1, 0.15) is 11.8 Å². The van der Waals surface area contributed by atoms with Crippen LogP contribution in [0.15, 0.2) is 42.6 Å². The third kappa shape index (κ3) is 6.44. The molecular formula is C31H38N4O4. The summed E-state index contributed by atoms with van der Waals surface area (Å²) < 4.78 is 6.14. The minimum absolute atomic E-state index is 0.00619. The zero-order valence-corrected chi connectivity index (χ0v) is 22.8. The van der Waals surface area contributed by atoms with Gasteiger partial charge in [-0.25, -0.2) is 0 Å². The van der Waals surface area contributed by atoms with E-state index in [1.165, 1.54) is 0 Å². The molecule has 8 nitrogen and oxygen atoms in total. The summed E-state index contributed by atoms with van der Waals surface area (Å²) in [7, 11) is 0. The Hall–Kier alpha value is -3.81. The number of H-pyrrole nitrogens is 1. The van der Waals surface area contributed by atoms with Gasteiger partial charge in [0.15, 0.2) is 0 Å². The van der Waals surface area contributed by atoms with Gasteiger partial charge in [0.25, 0.3) is 0 Å². The number of carbonyl (C=O) groups excluding carboxylic acids is 3. The Kier molecular flexibility index (Phi) is 8.19. The number of hydrogen-bond donors (Lipinski definition) is 3. The Bertz CT molecular complexity index is 1360. The molecule has 3 amide bonds. The molecule has 3 N–H and O–H groups in total. The molecule has 0 spiro atoms. The molecule has 0 aliphatic carbocycles. The van der Waals surface area contributed by atoms with Crippen molar-refractivity contribution in [3.05, 3.63) is 64.8 Å². The van der Waals surface area contributed by atoms with E-state index in [4.69, 9.17) is 4.74 Å². The standard InChI is InChI=1S/C31H38N4O4/c1-20-14-25-15-23(21(20)2)17-33-31(38)28(16-24-18-32-27-8-4-3-7-26(24)27)34-29(36)9-10-30(37)35-12-5-6-22(19-35)11-13-39-25/h3-4,7-8,14-15,18,22,28,32H,5-6,9-13,16-17,19H2,1-2H3,(H,33,38)(H,34,36)/t22?,28-/m0/s1. The van der Waals surface area contributed by atoms with E-state index >= 15 is 0 Å². The number of rotatable bonds is 2. The predicted molar refractivity (Wildman–Crippen MR) is 150 cm³/mol. The first kappa shape index (κ1) is 26.8. The summed E-state index contributed by atoms with van der Waals surface area (Å²) in [5, 5.41) is 6.98. The SMILES string of the molecule is Cc1cc2cc(c1C)CNC(=O)[C@H](Cc1c[nH]c3ccccc13)NC(=O)CCC(=O)N1CCCC(CCO2)C1. The van der Waals surface area contributed by atoms with Crippen LogP contribution in [-0.2, 0) is 27.3 Å². The highest BCUT2D eigenvalue weighted by atomic mass is 16.5. The molecule has 1 saturated heterocycles. The van der Waals surface area contributed by atoms with E-state index in [2.05, 4.69) is 15.6 Å². The number of hydrogen-bond acceptors (Lipinski definition) is 4. The summed E-state index contributed by atoms with van der Waals surface area (Å²) in [5.74, 6) is 0.620. The van der Waals surface area contributed by atoms with Gasteiger partial charge in [0.05, 0.1) is 6.61 Å². The van der Waals surface area contributed by atoms with Crippen LogP contribution < -0.4 is 15.4 Å². The monoisotopic (exact) mass is 530 g/mol. The van der Waals surface area contributed by atoms with Gasteiger partial charge in [-0.05, 0) is 79.5 Å². The van der Waals surface area contributed by atoms with Gasteiger partial charge in [-0.3, -0.25) is 14.4 Å². The number of ether oxygens (including phenoxy) is 1. The number of fused-ring (bicyclic) bond motifs is 5. The van der Waals surface area contributed by atoms with Crippen LogP contribution in [0, 0.1) is 19.8 Å². The Balaban J connectivity index is 1.40. The summed E-state index contributed by atoms with van der Waals surface area (Å²) >= 11 is 0. The Morgan fingerprint density at radius 1 is 1.05 bits per heavy atom. The molecule has 206 valence electrons. The van der Waals surface area contributed by atoms with Crippen LogP contribution in [-0.4, -0.2) is 53.3 Å². The number of aryl methyl sites for hydroxylation is 1. The molecular weight excluding hydrogens is 492 g/mol. The lowest BCUT2D eigenvalue weighted by atomic mass is 9.95. The normalized spacial score (nSPS) is 21.5. The predicted octanol–water partition coefficient (Wildman–Crippen LogP) is 3.93. The summed E-state index contributed by atoms with van der Waals surface area (Å²) in [6.07, 6.45) is 5.33. The lowest BCUT2D eigenvalue weighted by molar-refractivity contribution is -0.135. The maximum absolute atomic E-state index is 13.5. The molecule has 4 bridgehead atoms. The third-order valence-electron chi connectivity index (χ3n) is 8.18. The van der Waals surface area contributed by atoms with Crippen molar-refractivity contribution in [1.82, 2.24) is 20.5 Å². The van der Waals surface area contributed by atoms with E-state index < -0.39 is 6.04 Å². The highest BCUT2D eigenvalue weighted by Gasteiger charge is 2.26. The zero-order valence-electron chi connectivity index (χ0n) is 22.8. The molecule has 39 heavy (non-hydrogen) atoms. The minimum Gasteiger partial charge on any atom is -0.494 e. The Morgan fingerprint density at radius 2 is 1.90 bits per heavy atom. The lowest BCUT2D eigenvalue weighted by Gasteiger charge is -2.33. The van der Waals surface area contributed by atoms with Crippen molar-refractivity contribution < 1.29 is 19.1 Å². The lowest BCUT2D eigenvalue weighted by Crippen LogP contribution is -2.48. The Morgan fingerprint density at radius 3 is 2.77 bits per heavy atom. The Labute approximate surface area is 229 Å². The molecule has 2 aliphatic heterocycles. The smallest absolute Gasteiger partial charge is 0.243 e. The number of nitrogens with one attached hydrogen (secondary N) is 3. The van der Waals surface area contributed by atoms with Crippen LogP contribution in [0.4, 0.5) is 0 Å². The fourth-order valence-electron chi connectivity index (χ4n) is 5.71. The molecule has 1 fully saturated rings. The molecule has 5 rings (SSSR count). The van der Waals surface area contributed by atoms with E-state index in [-0.39, 0.29) is 30.6 Å². The van der Waals surface area contributed by atoms with Crippen LogP contribution in [0.2, 0.25) is 0 Å². The summed E-state index contributed by atoms with van der Waals surface area (Å²) in [6, 6.07) is 11.2. The van der Waals surface area contributed by atoms with Crippen molar-refractivity contribution in [3.63, 3.8) is 0 Å². The van der Waals surface area contributed by atoms with E-state index in [1.807, 2.05) is 61.3 Å². The second-order valence-electron chi connectivity index (χ2n) is 10.9.